The van der Waals surface area contributed by atoms with E-state index in [0.29, 0.717) is 39.2 Å². The molecule has 2 N–H and O–H groups in total. The Morgan fingerprint density at radius 2 is 1.59 bits per heavy atom. The van der Waals surface area contributed by atoms with Gasteiger partial charge in [-0.3, -0.25) is 34.2 Å². The molecule has 15 nitrogen and oxygen atoms in total. The number of likely N-dealkylation sites (tertiary alicyclic amines) is 1. The van der Waals surface area contributed by atoms with Crippen molar-refractivity contribution < 1.29 is 28.7 Å². The highest BCUT2D eigenvalue weighted by atomic mass is 35.5. The molecule has 4 saturated heterocycles. The highest BCUT2D eigenvalue weighted by Gasteiger charge is 2.47. The number of nitrogens with zero attached hydrogens (tertiary/aromatic N) is 7. The van der Waals surface area contributed by atoms with Crippen molar-refractivity contribution in [3.05, 3.63) is 75.9 Å². The first-order chi connectivity index (χ1) is 28.6. The molecule has 5 amide bonds. The molecule has 1 atom stereocenters. The van der Waals surface area contributed by atoms with Crippen LogP contribution < -0.4 is 25.2 Å². The molecule has 5 aliphatic heterocycles. The van der Waals surface area contributed by atoms with Crippen LogP contribution in [0.5, 0.6) is 5.75 Å². The number of carbonyl (C=O) groups is 5. The maximum absolute atomic E-state index is 13.4. The summed E-state index contributed by atoms with van der Waals surface area (Å²) in [7, 11) is 0. The van der Waals surface area contributed by atoms with Crippen LogP contribution in [0.25, 0.3) is 0 Å². The lowest BCUT2D eigenvalue weighted by atomic mass is 9.71. The molecule has 6 aliphatic rings. The lowest BCUT2D eigenvalue weighted by Gasteiger charge is -2.55. The van der Waals surface area contributed by atoms with Gasteiger partial charge in [0.1, 0.15) is 17.9 Å². The van der Waals surface area contributed by atoms with Crippen LogP contribution in [-0.4, -0.2) is 113 Å². The van der Waals surface area contributed by atoms with E-state index in [-0.39, 0.29) is 36.3 Å². The summed E-state index contributed by atoms with van der Waals surface area (Å²) < 4.78 is 6.08. The van der Waals surface area contributed by atoms with E-state index < -0.39 is 29.7 Å². The van der Waals surface area contributed by atoms with Gasteiger partial charge in [0.05, 0.1) is 27.8 Å². The van der Waals surface area contributed by atoms with Gasteiger partial charge in [-0.1, -0.05) is 11.6 Å². The highest BCUT2D eigenvalue weighted by molar-refractivity contribution is 6.31. The number of nitrogens with one attached hydrogen (secondary N) is 2. The largest absolute Gasteiger partial charge is 0.490 e. The summed E-state index contributed by atoms with van der Waals surface area (Å²) in [5.41, 5.74) is 2.50. The van der Waals surface area contributed by atoms with Crippen molar-refractivity contribution in [3.63, 3.8) is 0 Å². The van der Waals surface area contributed by atoms with E-state index in [9.17, 15) is 24.0 Å². The van der Waals surface area contributed by atoms with E-state index in [2.05, 4.69) is 41.6 Å². The summed E-state index contributed by atoms with van der Waals surface area (Å²) in [6.45, 7) is 5.65. The fraction of sp³-hybridized carbons (Fsp3) is 0.488. The lowest BCUT2D eigenvalue weighted by molar-refractivity contribution is -0.136. The number of benzene rings is 2. The number of nitriles is 1. The molecule has 1 spiro atoms. The molecule has 306 valence electrons. The maximum atomic E-state index is 13.4. The zero-order valence-electron chi connectivity index (χ0n) is 32.7. The molecule has 6 heterocycles. The number of rotatable bonds is 8. The van der Waals surface area contributed by atoms with E-state index in [0.717, 1.165) is 107 Å². The van der Waals surface area contributed by atoms with Crippen LogP contribution in [-0.2, 0) is 9.59 Å². The second-order valence-corrected chi connectivity index (χ2v) is 17.3. The van der Waals surface area contributed by atoms with Crippen LogP contribution in [0, 0.1) is 16.7 Å². The number of imide groups is 2. The predicted molar refractivity (Wildman–Crippen MR) is 216 cm³/mol. The van der Waals surface area contributed by atoms with Gasteiger partial charge in [0.15, 0.2) is 11.5 Å². The van der Waals surface area contributed by atoms with E-state index in [1.807, 2.05) is 12.1 Å². The third-order valence-electron chi connectivity index (χ3n) is 13.3. The van der Waals surface area contributed by atoms with Gasteiger partial charge in [0, 0.05) is 61.9 Å². The first-order valence-corrected chi connectivity index (χ1v) is 21.0. The minimum Gasteiger partial charge on any atom is -0.490 e. The van der Waals surface area contributed by atoms with Gasteiger partial charge >= 0.3 is 0 Å². The summed E-state index contributed by atoms with van der Waals surface area (Å²) in [5.74, 6) is -0.745. The Hall–Kier alpha value is -5.59. The predicted octanol–water partition coefficient (Wildman–Crippen LogP) is 4.09. The smallest absolute Gasteiger partial charge is 0.272 e. The molecule has 9 rings (SSSR count). The van der Waals surface area contributed by atoms with Crippen molar-refractivity contribution in [2.45, 2.75) is 88.4 Å². The van der Waals surface area contributed by atoms with E-state index in [1.165, 1.54) is 0 Å². The number of ether oxygens (including phenoxy) is 1. The second-order valence-electron chi connectivity index (χ2n) is 16.9. The van der Waals surface area contributed by atoms with Crippen molar-refractivity contribution in [2.75, 3.05) is 49.1 Å². The van der Waals surface area contributed by atoms with Crippen molar-refractivity contribution in [2.24, 2.45) is 5.41 Å². The Balaban J connectivity index is 0.700. The molecule has 1 saturated carbocycles. The third-order valence-corrected chi connectivity index (χ3v) is 13.6. The quantitative estimate of drug-likeness (QED) is 0.311. The second kappa shape index (κ2) is 15.9. The number of aromatic nitrogens is 2. The molecule has 0 bridgehead atoms. The molecular weight excluding hydrogens is 774 g/mol. The maximum Gasteiger partial charge on any atom is 0.272 e. The number of hydrogen-bond donors (Lipinski definition) is 2. The number of fused-ring (bicyclic) bond motifs is 1. The average Bonchev–Trinajstić information content (AvgIpc) is 3.48. The number of hydrogen-bond acceptors (Lipinski definition) is 12. The zero-order chi connectivity index (χ0) is 40.8. The number of carbonyl (C=O) groups excluding carboxylic acids is 5. The first-order valence-electron chi connectivity index (χ1n) is 20.7. The Morgan fingerprint density at radius 3 is 2.27 bits per heavy atom. The molecule has 16 heteroatoms. The van der Waals surface area contributed by atoms with Gasteiger partial charge in [0.2, 0.25) is 11.8 Å². The monoisotopic (exact) mass is 819 g/mol. The normalized spacial score (nSPS) is 24.7. The fourth-order valence-electron chi connectivity index (χ4n) is 9.80. The van der Waals surface area contributed by atoms with Crippen molar-refractivity contribution in [1.29, 1.82) is 5.26 Å². The summed E-state index contributed by atoms with van der Waals surface area (Å²) in [4.78, 5) is 71.8. The summed E-state index contributed by atoms with van der Waals surface area (Å²) >= 11 is 6.15. The summed E-state index contributed by atoms with van der Waals surface area (Å²) in [5, 5.41) is 23.6. The van der Waals surface area contributed by atoms with E-state index in [1.54, 1.807) is 36.4 Å². The zero-order valence-corrected chi connectivity index (χ0v) is 33.5. The minimum atomic E-state index is -0.972. The molecule has 1 aromatic heterocycles. The van der Waals surface area contributed by atoms with Crippen LogP contribution >= 0.6 is 11.6 Å². The molecular formula is C43H46ClN9O6. The fourth-order valence-corrected chi connectivity index (χ4v) is 10.0. The minimum absolute atomic E-state index is 0.0222. The van der Waals surface area contributed by atoms with Crippen LogP contribution in [0.3, 0.4) is 0 Å². The van der Waals surface area contributed by atoms with Crippen molar-refractivity contribution >= 4 is 52.6 Å². The van der Waals surface area contributed by atoms with Crippen LogP contribution in [0.2, 0.25) is 5.02 Å². The SMILES string of the molecule is N#Cc1ccc(O[C@H]2CC[C@H](NC(=O)c3ccc(N4CC5(CCN(C6CCN(c7ccc8c(c7)C(=O)N(C7CCC(=O)NC7=O)C8=O)CC6)CC5)C4)nn3)CC2)cc1Cl. The Kier molecular flexibility index (Phi) is 10.5. The molecule has 2 aromatic carbocycles. The van der Waals surface area contributed by atoms with Gasteiger partial charge < -0.3 is 24.8 Å². The number of anilines is 2. The Bertz CT molecular complexity index is 2210. The number of halogens is 1. The number of piperidine rings is 3. The molecule has 5 fully saturated rings. The molecule has 1 aliphatic carbocycles. The first kappa shape index (κ1) is 38.9. The summed E-state index contributed by atoms with van der Waals surface area (Å²) in [6.07, 6.45) is 7.67. The molecule has 59 heavy (non-hydrogen) atoms. The van der Waals surface area contributed by atoms with Crippen molar-refractivity contribution in [1.82, 2.24) is 30.6 Å². The molecule has 1 unspecified atom stereocenters. The average molecular weight is 820 g/mol. The third kappa shape index (κ3) is 7.71. The van der Waals surface area contributed by atoms with Crippen LogP contribution in [0.15, 0.2) is 48.5 Å². The molecule has 0 radical (unpaired) electrons. The topological polar surface area (TPSA) is 181 Å². The summed E-state index contributed by atoms with van der Waals surface area (Å²) in [6, 6.07) is 15.7. The lowest BCUT2D eigenvalue weighted by Crippen LogP contribution is -2.62. The van der Waals surface area contributed by atoms with Gasteiger partial charge in [0.25, 0.3) is 17.7 Å². The van der Waals surface area contributed by atoms with Gasteiger partial charge in [-0.2, -0.15) is 5.26 Å². The van der Waals surface area contributed by atoms with Gasteiger partial charge in [-0.05, 0) is 113 Å². The van der Waals surface area contributed by atoms with E-state index in [4.69, 9.17) is 21.6 Å². The highest BCUT2D eigenvalue weighted by Crippen LogP contribution is 2.43. The van der Waals surface area contributed by atoms with Gasteiger partial charge in [-0.15, -0.1) is 10.2 Å². The Labute approximate surface area is 347 Å². The van der Waals surface area contributed by atoms with Gasteiger partial charge in [-0.25, -0.2) is 0 Å². The van der Waals surface area contributed by atoms with Crippen LogP contribution in [0.4, 0.5) is 11.5 Å². The van der Waals surface area contributed by atoms with E-state index >= 15 is 0 Å². The molecule has 3 aromatic rings. The number of amides is 5. The standard InChI is InChI=1S/C43H46ClN9O6/c44-34-22-31(5-1-26(34)23-45)59-30-6-2-27(3-7-30)46-39(55)35-9-11-37(49-48-35)52-24-43(25-52)15-19-51(20-16-43)28-13-17-50(18-14-28)29-4-8-32-33(21-29)42(58)53(41(32)57)36-10-12-38(54)47-40(36)56/h1,4-5,8-9,11,21-22,27-28,30,36H,2-3,6-7,10,12-20,24-25H2,(H,46,55)(H,47,54,56)/t27-,30-,36?. The Morgan fingerprint density at radius 1 is 0.847 bits per heavy atom. The van der Waals surface area contributed by atoms with Crippen LogP contribution in [0.1, 0.15) is 101 Å². The van der Waals surface area contributed by atoms with Crippen molar-refractivity contribution in [3.8, 4) is 11.8 Å².